The number of hydrogen-bond donors (Lipinski definition) is 2. The second-order valence-electron chi connectivity index (χ2n) is 5.11. The van der Waals surface area contributed by atoms with Gasteiger partial charge in [0.1, 0.15) is 11.8 Å². The number of carbonyl (C=O) groups is 1. The molecule has 2 aromatic rings. The van der Waals surface area contributed by atoms with E-state index in [9.17, 15) is 30.1 Å². The maximum absolute atomic E-state index is 11.7. The first kappa shape index (κ1) is 19.8. The van der Waals surface area contributed by atoms with Gasteiger partial charge in [-0.2, -0.15) is 10.4 Å². The molecular formula is C16H11N5O7. The van der Waals surface area contributed by atoms with Crippen LogP contribution < -0.4 is 10.2 Å². The molecule has 12 nitrogen and oxygen atoms in total. The zero-order chi connectivity index (χ0) is 20.7. The zero-order valence-electron chi connectivity index (χ0n) is 13.9. The molecule has 0 saturated heterocycles. The highest BCUT2D eigenvalue weighted by atomic mass is 16.6. The number of nitrogens with one attached hydrogen (secondary N) is 1. The number of rotatable bonds is 7. The fourth-order valence-electron chi connectivity index (χ4n) is 2.00. The molecule has 0 atom stereocenters. The third-order valence-corrected chi connectivity index (χ3v) is 3.27. The van der Waals surface area contributed by atoms with Gasteiger partial charge in [-0.3, -0.25) is 25.0 Å². The molecule has 28 heavy (non-hydrogen) atoms. The minimum Gasteiger partial charge on any atom is -0.502 e. The van der Waals surface area contributed by atoms with Crippen LogP contribution in [0.4, 0.5) is 11.4 Å². The van der Waals surface area contributed by atoms with Gasteiger partial charge in [-0.1, -0.05) is 12.1 Å². The summed E-state index contributed by atoms with van der Waals surface area (Å²) in [6.45, 7) is -0.489. The van der Waals surface area contributed by atoms with E-state index in [4.69, 9.17) is 10.00 Å². The van der Waals surface area contributed by atoms with Crippen molar-refractivity contribution in [3.05, 3.63) is 67.8 Å². The van der Waals surface area contributed by atoms with Crippen LogP contribution in [0.25, 0.3) is 0 Å². The number of benzene rings is 2. The van der Waals surface area contributed by atoms with E-state index in [0.29, 0.717) is 6.07 Å². The fourth-order valence-corrected chi connectivity index (χ4v) is 2.00. The van der Waals surface area contributed by atoms with Crippen LogP contribution in [0.1, 0.15) is 11.1 Å². The number of amides is 1. The highest BCUT2D eigenvalue weighted by Crippen LogP contribution is 2.33. The Labute approximate surface area is 156 Å². The standard InChI is InChI=1S/C16H11N5O7/c17-7-10-3-1-2-4-14(10)28-9-15(22)19-18-8-11-5-12(20(24)25)6-13(16(11)23)21(26)27/h1-6,8,23H,9H2,(H,19,22)/b18-8-. The van der Waals surface area contributed by atoms with Gasteiger partial charge in [-0.05, 0) is 12.1 Å². The van der Waals surface area contributed by atoms with E-state index in [0.717, 1.165) is 12.3 Å². The summed E-state index contributed by atoms with van der Waals surface area (Å²) in [7, 11) is 0. The summed E-state index contributed by atoms with van der Waals surface area (Å²) in [6.07, 6.45) is 0.816. The zero-order valence-corrected chi connectivity index (χ0v) is 13.9. The van der Waals surface area contributed by atoms with Gasteiger partial charge in [-0.25, -0.2) is 5.43 Å². The van der Waals surface area contributed by atoms with Crippen molar-refractivity contribution in [1.82, 2.24) is 5.43 Å². The number of para-hydroxylation sites is 1. The van der Waals surface area contributed by atoms with Crippen LogP contribution in [0.15, 0.2) is 41.5 Å². The second kappa shape index (κ2) is 8.72. The highest BCUT2D eigenvalue weighted by Gasteiger charge is 2.23. The molecule has 2 N–H and O–H groups in total. The number of nitro groups is 2. The molecule has 0 aliphatic heterocycles. The first-order chi connectivity index (χ1) is 13.3. The Morgan fingerprint density at radius 2 is 2.00 bits per heavy atom. The molecule has 0 aromatic heterocycles. The van der Waals surface area contributed by atoms with E-state index >= 15 is 0 Å². The third-order valence-electron chi connectivity index (χ3n) is 3.27. The molecule has 12 heteroatoms. The van der Waals surface area contributed by atoms with Gasteiger partial charge in [0.25, 0.3) is 11.6 Å². The molecule has 0 fully saturated rings. The molecule has 0 heterocycles. The van der Waals surface area contributed by atoms with Crippen molar-refractivity contribution in [3.63, 3.8) is 0 Å². The Morgan fingerprint density at radius 1 is 1.29 bits per heavy atom. The predicted octanol–water partition coefficient (Wildman–Crippen LogP) is 1.61. The van der Waals surface area contributed by atoms with Crippen LogP contribution in [0.3, 0.4) is 0 Å². The van der Waals surface area contributed by atoms with Crippen molar-refractivity contribution < 1.29 is 24.5 Å². The third kappa shape index (κ3) is 4.76. The average molecular weight is 385 g/mol. The van der Waals surface area contributed by atoms with Crippen molar-refractivity contribution in [1.29, 1.82) is 5.26 Å². The van der Waals surface area contributed by atoms with Crippen LogP contribution in [-0.2, 0) is 4.79 Å². The van der Waals surface area contributed by atoms with Gasteiger partial charge in [0.15, 0.2) is 6.61 Å². The molecule has 142 valence electrons. The van der Waals surface area contributed by atoms with Crippen LogP contribution in [0, 0.1) is 31.6 Å². The van der Waals surface area contributed by atoms with Crippen LogP contribution in [-0.4, -0.2) is 33.7 Å². The van der Waals surface area contributed by atoms with E-state index in [1.54, 1.807) is 12.1 Å². The largest absolute Gasteiger partial charge is 0.502 e. The lowest BCUT2D eigenvalue weighted by atomic mass is 10.1. The predicted molar refractivity (Wildman–Crippen MR) is 93.8 cm³/mol. The number of non-ortho nitro benzene ring substituents is 1. The summed E-state index contributed by atoms with van der Waals surface area (Å²) >= 11 is 0. The molecule has 0 aliphatic rings. The quantitative estimate of drug-likeness (QED) is 0.409. The Morgan fingerprint density at radius 3 is 2.64 bits per heavy atom. The summed E-state index contributed by atoms with van der Waals surface area (Å²) in [5, 5.41) is 43.9. The van der Waals surface area contributed by atoms with Gasteiger partial charge >= 0.3 is 5.69 Å². The summed E-state index contributed by atoms with van der Waals surface area (Å²) in [5.74, 6) is -1.38. The molecular weight excluding hydrogens is 374 g/mol. The van der Waals surface area contributed by atoms with Crippen molar-refractivity contribution in [2.45, 2.75) is 0 Å². The number of carbonyl (C=O) groups excluding carboxylic acids is 1. The lowest BCUT2D eigenvalue weighted by Crippen LogP contribution is -2.24. The van der Waals surface area contributed by atoms with Gasteiger partial charge in [-0.15, -0.1) is 0 Å². The molecule has 0 aliphatic carbocycles. The minimum atomic E-state index is -0.987. The molecule has 1 amide bonds. The lowest BCUT2D eigenvalue weighted by Gasteiger charge is -2.06. The van der Waals surface area contributed by atoms with Gasteiger partial charge < -0.3 is 9.84 Å². The number of hydrazone groups is 1. The van der Waals surface area contributed by atoms with E-state index in [2.05, 4.69) is 5.10 Å². The van der Waals surface area contributed by atoms with E-state index < -0.39 is 39.5 Å². The van der Waals surface area contributed by atoms with Crippen molar-refractivity contribution in [3.8, 4) is 17.6 Å². The number of hydrogen-bond acceptors (Lipinski definition) is 9. The summed E-state index contributed by atoms with van der Waals surface area (Å²) in [5.41, 5.74) is 0.421. The van der Waals surface area contributed by atoms with Crippen molar-refractivity contribution in [2.24, 2.45) is 5.10 Å². The molecule has 0 spiro atoms. The first-order valence-corrected chi connectivity index (χ1v) is 7.43. The summed E-state index contributed by atoms with van der Waals surface area (Å²) in [4.78, 5) is 31.6. The van der Waals surface area contributed by atoms with Crippen LogP contribution in [0.2, 0.25) is 0 Å². The topological polar surface area (TPSA) is 181 Å². The molecule has 2 rings (SSSR count). The molecule has 0 radical (unpaired) electrons. The SMILES string of the molecule is N#Cc1ccccc1OCC(=O)N/N=C\c1cc([N+](=O)[O-])cc([N+](=O)[O-])c1O. The van der Waals surface area contributed by atoms with Crippen molar-refractivity contribution >= 4 is 23.5 Å². The Hall–Kier alpha value is -4.53. The number of aromatic hydroxyl groups is 1. The number of nitriles is 1. The monoisotopic (exact) mass is 385 g/mol. The molecule has 0 unspecified atom stereocenters. The maximum Gasteiger partial charge on any atom is 0.318 e. The Bertz CT molecular complexity index is 1010. The van der Waals surface area contributed by atoms with E-state index in [-0.39, 0.29) is 16.9 Å². The average Bonchev–Trinajstić information content (AvgIpc) is 2.67. The van der Waals surface area contributed by atoms with Crippen molar-refractivity contribution in [2.75, 3.05) is 6.61 Å². The van der Waals surface area contributed by atoms with Crippen LogP contribution >= 0.6 is 0 Å². The summed E-state index contributed by atoms with van der Waals surface area (Å²) in [6, 6.07) is 9.60. The van der Waals surface area contributed by atoms with Gasteiger partial charge in [0, 0.05) is 6.07 Å². The highest BCUT2D eigenvalue weighted by molar-refractivity contribution is 5.88. The van der Waals surface area contributed by atoms with Gasteiger partial charge in [0.2, 0.25) is 5.75 Å². The smallest absolute Gasteiger partial charge is 0.318 e. The van der Waals surface area contributed by atoms with E-state index in [1.165, 1.54) is 12.1 Å². The normalized spacial score (nSPS) is 10.2. The minimum absolute atomic E-state index is 0.191. The van der Waals surface area contributed by atoms with E-state index in [1.807, 2.05) is 11.5 Å². The Balaban J connectivity index is 2.08. The number of nitrogens with zero attached hydrogens (tertiary/aromatic N) is 4. The lowest BCUT2D eigenvalue weighted by molar-refractivity contribution is -0.394. The molecule has 0 saturated carbocycles. The Kier molecular flexibility index (Phi) is 6.16. The number of phenols is 1. The molecule has 0 bridgehead atoms. The maximum atomic E-state index is 11.7. The van der Waals surface area contributed by atoms with Crippen LogP contribution in [0.5, 0.6) is 11.5 Å². The summed E-state index contributed by atoms with van der Waals surface area (Å²) < 4.78 is 5.18. The first-order valence-electron chi connectivity index (χ1n) is 7.43. The number of ether oxygens (including phenoxy) is 1. The number of phenolic OH excluding ortho intramolecular Hbond substituents is 1. The van der Waals surface area contributed by atoms with Gasteiger partial charge in [0.05, 0.1) is 33.3 Å². The fraction of sp³-hybridized carbons (Fsp3) is 0.0625. The second-order valence-corrected chi connectivity index (χ2v) is 5.11. The number of nitro benzene ring substituents is 2. The molecule has 2 aromatic carbocycles.